The second-order valence-corrected chi connectivity index (χ2v) is 7.90. The van der Waals surface area contributed by atoms with Crippen LogP contribution >= 0.6 is 11.3 Å². The fraction of sp³-hybridized carbons (Fsp3) is 0.316. The van der Waals surface area contributed by atoms with Crippen LogP contribution in [0, 0.1) is 12.8 Å². The second kappa shape index (κ2) is 4.86. The molecule has 1 aromatic carbocycles. The molecule has 3 heterocycles. The third kappa shape index (κ3) is 1.82. The molecule has 4 aromatic rings. The van der Waals surface area contributed by atoms with Gasteiger partial charge < -0.3 is 0 Å². The first-order valence-corrected chi connectivity index (χ1v) is 9.18. The number of aromatic nitrogens is 3. The maximum Gasteiger partial charge on any atom is 0.283 e. The maximum atomic E-state index is 13.2. The van der Waals surface area contributed by atoms with Crippen molar-refractivity contribution in [3.05, 3.63) is 50.8 Å². The van der Waals surface area contributed by atoms with Crippen LogP contribution in [0.1, 0.15) is 29.5 Å². The molecular weight excluding hydrogens is 318 g/mol. The van der Waals surface area contributed by atoms with Gasteiger partial charge in [-0.25, -0.2) is 4.98 Å². The van der Waals surface area contributed by atoms with E-state index >= 15 is 0 Å². The zero-order valence-electron chi connectivity index (χ0n) is 13.7. The number of hydrogen-bond donors (Lipinski definition) is 0. The summed E-state index contributed by atoms with van der Waals surface area (Å²) in [4.78, 5) is 20.2. The SMILES string of the molecule is Cc1nn2c(=O)c3c4c(sc3nc2c2ccccc12)CC(C)CC4. The van der Waals surface area contributed by atoms with E-state index in [2.05, 4.69) is 12.0 Å². The zero-order valence-corrected chi connectivity index (χ0v) is 14.5. The Hall–Kier alpha value is -2.27. The third-order valence-corrected chi connectivity index (χ3v) is 6.26. The molecule has 0 spiro atoms. The Morgan fingerprint density at radius 3 is 2.88 bits per heavy atom. The summed E-state index contributed by atoms with van der Waals surface area (Å²) in [5.41, 5.74) is 2.72. The van der Waals surface area contributed by atoms with Gasteiger partial charge in [0.2, 0.25) is 0 Å². The van der Waals surface area contributed by atoms with E-state index in [4.69, 9.17) is 4.98 Å². The molecular formula is C19H17N3OS. The van der Waals surface area contributed by atoms with Gasteiger partial charge in [0.25, 0.3) is 5.56 Å². The Labute approximate surface area is 142 Å². The Balaban J connectivity index is 1.98. The molecule has 4 nitrogen and oxygen atoms in total. The number of nitrogens with zero attached hydrogens (tertiary/aromatic N) is 3. The number of hydrogen-bond acceptors (Lipinski definition) is 4. The van der Waals surface area contributed by atoms with Crippen LogP contribution < -0.4 is 5.56 Å². The van der Waals surface area contributed by atoms with E-state index in [9.17, 15) is 4.79 Å². The molecule has 0 radical (unpaired) electrons. The first kappa shape index (κ1) is 14.1. The lowest BCUT2D eigenvalue weighted by Crippen LogP contribution is -2.20. The van der Waals surface area contributed by atoms with Crippen molar-refractivity contribution in [2.75, 3.05) is 0 Å². The highest BCUT2D eigenvalue weighted by Crippen LogP contribution is 2.36. The zero-order chi connectivity index (χ0) is 16.4. The van der Waals surface area contributed by atoms with Gasteiger partial charge in [-0.3, -0.25) is 4.79 Å². The molecule has 0 amide bonds. The molecule has 1 unspecified atom stereocenters. The molecule has 0 bridgehead atoms. The summed E-state index contributed by atoms with van der Waals surface area (Å²) in [5, 5.41) is 7.38. The van der Waals surface area contributed by atoms with Crippen molar-refractivity contribution in [2.45, 2.75) is 33.1 Å². The number of thiophene rings is 1. The maximum absolute atomic E-state index is 13.2. The molecule has 5 rings (SSSR count). The van der Waals surface area contributed by atoms with Crippen LogP contribution in [0.5, 0.6) is 0 Å². The van der Waals surface area contributed by atoms with Gasteiger partial charge in [-0.05, 0) is 37.7 Å². The molecule has 24 heavy (non-hydrogen) atoms. The Bertz CT molecular complexity index is 1190. The van der Waals surface area contributed by atoms with Crippen molar-refractivity contribution in [1.29, 1.82) is 0 Å². The van der Waals surface area contributed by atoms with E-state index in [1.165, 1.54) is 15.0 Å². The molecule has 1 atom stereocenters. The van der Waals surface area contributed by atoms with Gasteiger partial charge in [-0.2, -0.15) is 9.61 Å². The van der Waals surface area contributed by atoms with Crippen molar-refractivity contribution in [3.63, 3.8) is 0 Å². The van der Waals surface area contributed by atoms with Crippen LogP contribution in [0.4, 0.5) is 0 Å². The largest absolute Gasteiger partial charge is 0.283 e. The molecule has 1 aliphatic carbocycles. The average molecular weight is 335 g/mol. The van der Waals surface area contributed by atoms with E-state index < -0.39 is 0 Å². The Morgan fingerprint density at radius 1 is 1.25 bits per heavy atom. The molecule has 0 N–H and O–H groups in total. The van der Waals surface area contributed by atoms with Gasteiger partial charge in [0.1, 0.15) is 4.83 Å². The van der Waals surface area contributed by atoms with Gasteiger partial charge in [0.05, 0.1) is 11.1 Å². The van der Waals surface area contributed by atoms with Crippen LogP contribution in [0.15, 0.2) is 29.1 Å². The fourth-order valence-electron chi connectivity index (χ4n) is 3.85. The summed E-state index contributed by atoms with van der Waals surface area (Å²) >= 11 is 1.69. The van der Waals surface area contributed by atoms with Crippen LogP contribution in [-0.2, 0) is 12.8 Å². The minimum Gasteiger partial charge on any atom is -0.267 e. The summed E-state index contributed by atoms with van der Waals surface area (Å²) in [6, 6.07) is 8.04. The van der Waals surface area contributed by atoms with E-state index in [0.29, 0.717) is 11.6 Å². The van der Waals surface area contributed by atoms with Crippen LogP contribution in [0.2, 0.25) is 0 Å². The predicted octanol–water partition coefficient (Wildman–Crippen LogP) is 3.89. The Morgan fingerprint density at radius 2 is 2.04 bits per heavy atom. The van der Waals surface area contributed by atoms with Crippen molar-refractivity contribution >= 4 is 38.0 Å². The van der Waals surface area contributed by atoms with E-state index in [1.807, 2.05) is 31.2 Å². The molecule has 5 heteroatoms. The lowest BCUT2D eigenvalue weighted by molar-refractivity contribution is 0.509. The van der Waals surface area contributed by atoms with Crippen molar-refractivity contribution in [2.24, 2.45) is 5.92 Å². The molecule has 1 aliphatic rings. The van der Waals surface area contributed by atoms with Gasteiger partial charge >= 0.3 is 0 Å². The quantitative estimate of drug-likeness (QED) is 0.458. The second-order valence-electron chi connectivity index (χ2n) is 6.82. The van der Waals surface area contributed by atoms with Crippen LogP contribution in [-0.4, -0.2) is 14.6 Å². The lowest BCUT2D eigenvalue weighted by atomic mass is 9.89. The minimum absolute atomic E-state index is 0.0177. The normalized spacial score (nSPS) is 17.7. The topological polar surface area (TPSA) is 47.3 Å². The third-order valence-electron chi connectivity index (χ3n) is 5.12. The fourth-order valence-corrected chi connectivity index (χ4v) is 5.22. The number of rotatable bonds is 0. The van der Waals surface area contributed by atoms with E-state index in [0.717, 1.165) is 45.9 Å². The van der Waals surface area contributed by atoms with Gasteiger partial charge in [0, 0.05) is 15.6 Å². The van der Waals surface area contributed by atoms with Gasteiger partial charge in [-0.1, -0.05) is 31.2 Å². The summed E-state index contributed by atoms with van der Waals surface area (Å²) in [6.07, 6.45) is 3.18. The Kier molecular flexibility index (Phi) is 2.86. The van der Waals surface area contributed by atoms with E-state index in [1.54, 1.807) is 11.3 Å². The van der Waals surface area contributed by atoms with E-state index in [-0.39, 0.29) is 5.56 Å². The number of fused-ring (bicyclic) bond motifs is 6. The smallest absolute Gasteiger partial charge is 0.267 e. The molecule has 120 valence electrons. The monoisotopic (exact) mass is 335 g/mol. The van der Waals surface area contributed by atoms with Crippen LogP contribution in [0.25, 0.3) is 26.6 Å². The molecule has 0 saturated carbocycles. The molecule has 0 saturated heterocycles. The van der Waals surface area contributed by atoms with Gasteiger partial charge in [0.15, 0.2) is 5.65 Å². The highest BCUT2D eigenvalue weighted by molar-refractivity contribution is 7.18. The van der Waals surface area contributed by atoms with Crippen molar-refractivity contribution in [3.8, 4) is 0 Å². The predicted molar refractivity (Wildman–Crippen MR) is 98.1 cm³/mol. The molecule has 0 aliphatic heterocycles. The summed E-state index contributed by atoms with van der Waals surface area (Å²) in [5.74, 6) is 0.684. The van der Waals surface area contributed by atoms with Gasteiger partial charge in [-0.15, -0.1) is 11.3 Å². The summed E-state index contributed by atoms with van der Waals surface area (Å²) in [6.45, 7) is 4.23. The number of benzene rings is 1. The average Bonchev–Trinajstić information content (AvgIpc) is 2.94. The molecule has 3 aromatic heterocycles. The van der Waals surface area contributed by atoms with Crippen LogP contribution in [0.3, 0.4) is 0 Å². The highest BCUT2D eigenvalue weighted by Gasteiger charge is 2.24. The highest BCUT2D eigenvalue weighted by atomic mass is 32.1. The first-order chi connectivity index (χ1) is 11.6. The van der Waals surface area contributed by atoms with Crippen molar-refractivity contribution < 1.29 is 0 Å². The summed E-state index contributed by atoms with van der Waals surface area (Å²) in [7, 11) is 0. The summed E-state index contributed by atoms with van der Waals surface area (Å²) < 4.78 is 1.50. The first-order valence-electron chi connectivity index (χ1n) is 8.36. The number of aryl methyl sites for hydroxylation is 2. The standard InChI is InChI=1S/C19H17N3OS/c1-10-7-8-14-15(9-10)24-18-16(14)19(23)22-17(20-18)13-6-4-3-5-12(13)11(2)21-22/h3-6,10H,7-9H2,1-2H3. The van der Waals surface area contributed by atoms with Crippen molar-refractivity contribution in [1.82, 2.24) is 14.6 Å². The minimum atomic E-state index is -0.0177. The lowest BCUT2D eigenvalue weighted by Gasteiger charge is -2.17. The molecule has 0 fully saturated rings.